The predicted octanol–water partition coefficient (Wildman–Crippen LogP) is 8.41. The summed E-state index contributed by atoms with van der Waals surface area (Å²) in [6.07, 6.45) is 0. The van der Waals surface area contributed by atoms with Crippen molar-refractivity contribution in [3.8, 4) is 28.4 Å². The lowest BCUT2D eigenvalue weighted by Gasteiger charge is -2.26. The summed E-state index contributed by atoms with van der Waals surface area (Å²) in [7, 11) is 1.69. The number of hydrogen-bond donors (Lipinski definition) is 0. The lowest BCUT2D eigenvalue weighted by Crippen LogP contribution is -2.18. The second kappa shape index (κ2) is 13.0. The summed E-state index contributed by atoms with van der Waals surface area (Å²) in [5.41, 5.74) is 6.03. The second-order valence-corrected chi connectivity index (χ2v) is 8.37. The third-order valence-electron chi connectivity index (χ3n) is 5.86. The summed E-state index contributed by atoms with van der Waals surface area (Å²) in [6, 6.07) is 33.4. The first kappa shape index (κ1) is 27.1. The van der Waals surface area contributed by atoms with E-state index in [0.717, 1.165) is 17.2 Å². The molecule has 0 N–H and O–H groups in total. The molecule has 0 unspecified atom stereocenters. The Kier molecular flexibility index (Phi) is 10.0. The number of benzene rings is 4. The second-order valence-electron chi connectivity index (χ2n) is 8.37. The van der Waals surface area contributed by atoms with Gasteiger partial charge in [-0.1, -0.05) is 80.1 Å². The van der Waals surface area contributed by atoms with E-state index < -0.39 is 0 Å². The quantitative estimate of drug-likeness (QED) is 0.268. The molecule has 0 aromatic heterocycles. The van der Waals surface area contributed by atoms with Crippen molar-refractivity contribution < 1.29 is 14.3 Å². The van der Waals surface area contributed by atoms with Crippen LogP contribution >= 0.6 is 0 Å². The topological polar surface area (TPSA) is 35.5 Å². The van der Waals surface area contributed by atoms with Crippen LogP contribution in [0.4, 0.5) is 0 Å². The molecular weight excluding hydrogens is 432 g/mol. The highest BCUT2D eigenvalue weighted by Gasteiger charge is 2.23. The van der Waals surface area contributed by atoms with Gasteiger partial charge in [0.1, 0.15) is 24.0 Å². The first-order valence-electron chi connectivity index (χ1n) is 11.3. The summed E-state index contributed by atoms with van der Waals surface area (Å²) in [6.45, 7) is 14.6. The smallest absolute Gasteiger partial charge is 0.127 e. The summed E-state index contributed by atoms with van der Waals surface area (Å²) < 4.78 is 11.4. The van der Waals surface area contributed by atoms with E-state index in [4.69, 9.17) is 14.3 Å². The van der Waals surface area contributed by atoms with Gasteiger partial charge < -0.3 is 14.3 Å². The molecule has 0 bridgehead atoms. The highest BCUT2D eigenvalue weighted by Crippen LogP contribution is 2.34. The van der Waals surface area contributed by atoms with Gasteiger partial charge in [-0.25, -0.2) is 0 Å². The predicted molar refractivity (Wildman–Crippen MR) is 147 cm³/mol. The molecule has 0 aliphatic carbocycles. The van der Waals surface area contributed by atoms with E-state index in [1.54, 1.807) is 7.11 Å². The Hall–Kier alpha value is -4.11. The van der Waals surface area contributed by atoms with E-state index in [2.05, 4.69) is 94.6 Å². The molecule has 180 valence electrons. The zero-order valence-corrected chi connectivity index (χ0v) is 21.1. The Balaban J connectivity index is 0.00000103. The highest BCUT2D eigenvalue weighted by atomic mass is 16.5. The van der Waals surface area contributed by atoms with E-state index in [1.807, 2.05) is 43.2 Å². The van der Waals surface area contributed by atoms with Gasteiger partial charge >= 0.3 is 0 Å². The van der Waals surface area contributed by atoms with Crippen molar-refractivity contribution >= 4 is 6.79 Å². The van der Waals surface area contributed by atoms with Crippen LogP contribution in [0.1, 0.15) is 30.5 Å². The van der Waals surface area contributed by atoms with Gasteiger partial charge in [0, 0.05) is 5.41 Å². The minimum absolute atomic E-state index is 0.111. The lowest BCUT2D eigenvalue weighted by atomic mass is 9.78. The maximum Gasteiger partial charge on any atom is 0.127 e. The average Bonchev–Trinajstić information content (AvgIpc) is 2.92. The van der Waals surface area contributed by atoms with Crippen LogP contribution in [0, 0.1) is 6.92 Å². The number of carbonyl (C=O) groups excluding carboxylic acids is 1. The first-order chi connectivity index (χ1) is 17.0. The van der Waals surface area contributed by atoms with E-state index in [0.29, 0.717) is 0 Å². The molecule has 0 radical (unpaired) electrons. The number of ether oxygens (including phenoxy) is 2. The molecule has 0 amide bonds. The molecule has 4 aromatic rings. The Bertz CT molecular complexity index is 1160. The summed E-state index contributed by atoms with van der Waals surface area (Å²) in [4.78, 5) is 8.00. The number of methoxy groups -OCH3 is 1. The zero-order valence-electron chi connectivity index (χ0n) is 21.1. The number of hydrogen-bond acceptors (Lipinski definition) is 3. The third-order valence-corrected chi connectivity index (χ3v) is 5.86. The van der Waals surface area contributed by atoms with Crippen LogP contribution in [0.15, 0.2) is 110 Å². The third kappa shape index (κ3) is 6.94. The maximum atomic E-state index is 8.00. The fourth-order valence-corrected chi connectivity index (χ4v) is 3.71. The van der Waals surface area contributed by atoms with Crippen LogP contribution in [-0.2, 0) is 10.2 Å². The zero-order chi connectivity index (χ0) is 25.8. The molecule has 3 heteroatoms. The van der Waals surface area contributed by atoms with E-state index in [9.17, 15) is 0 Å². The van der Waals surface area contributed by atoms with Gasteiger partial charge in [-0.05, 0) is 65.6 Å². The van der Waals surface area contributed by atoms with E-state index >= 15 is 0 Å². The lowest BCUT2D eigenvalue weighted by molar-refractivity contribution is -0.0979. The molecule has 0 fully saturated rings. The molecule has 35 heavy (non-hydrogen) atoms. The Morgan fingerprint density at radius 3 is 1.31 bits per heavy atom. The largest absolute Gasteiger partial charge is 0.497 e. The van der Waals surface area contributed by atoms with Gasteiger partial charge in [-0.15, -0.1) is 13.2 Å². The maximum absolute atomic E-state index is 8.00. The van der Waals surface area contributed by atoms with Crippen molar-refractivity contribution in [3.05, 3.63) is 127 Å². The Morgan fingerprint density at radius 1 is 0.571 bits per heavy atom. The molecular formula is C32H34O3. The first-order valence-corrected chi connectivity index (χ1v) is 11.3. The number of rotatable bonds is 6. The SMILES string of the molecule is C=C.C=O.COc1ccc(C(C)(C)c2ccc(Oc3ccc(-c4ccc(C)cc4)cc3)cc2)cc1. The minimum atomic E-state index is -0.111. The fraction of sp³-hybridized carbons (Fsp3) is 0.156. The fourth-order valence-electron chi connectivity index (χ4n) is 3.71. The molecule has 4 aromatic carbocycles. The van der Waals surface area contributed by atoms with Crippen molar-refractivity contribution in [3.63, 3.8) is 0 Å². The van der Waals surface area contributed by atoms with Crippen LogP contribution in [0.5, 0.6) is 17.2 Å². The molecule has 0 spiro atoms. The number of carbonyl (C=O) groups is 1. The van der Waals surface area contributed by atoms with Gasteiger partial charge in [-0.3, -0.25) is 0 Å². The summed E-state index contributed by atoms with van der Waals surface area (Å²) in [5.74, 6) is 2.53. The minimum Gasteiger partial charge on any atom is -0.497 e. The van der Waals surface area contributed by atoms with Gasteiger partial charge in [0.05, 0.1) is 7.11 Å². The van der Waals surface area contributed by atoms with Crippen LogP contribution in [0.2, 0.25) is 0 Å². The van der Waals surface area contributed by atoms with E-state index in [-0.39, 0.29) is 5.41 Å². The van der Waals surface area contributed by atoms with Crippen molar-refractivity contribution in [2.45, 2.75) is 26.2 Å². The average molecular weight is 467 g/mol. The molecule has 3 nitrogen and oxygen atoms in total. The summed E-state index contributed by atoms with van der Waals surface area (Å²) in [5, 5.41) is 0. The molecule has 0 aliphatic heterocycles. The molecule has 0 saturated heterocycles. The molecule has 0 heterocycles. The Labute approximate surface area is 209 Å². The van der Waals surface area contributed by atoms with Crippen LogP contribution < -0.4 is 9.47 Å². The molecule has 0 atom stereocenters. The standard InChI is InChI=1S/C29H28O2.C2H4.CH2O/c1-21-5-7-22(8-6-21)23-9-15-27(16-10-23)31-28-19-13-25(14-20-28)29(2,3)24-11-17-26(30-4)18-12-24;2*1-2/h5-20H,1-4H3;1-2H2;1H2. The van der Waals surface area contributed by atoms with Crippen molar-refractivity contribution in [1.82, 2.24) is 0 Å². The molecule has 0 aliphatic rings. The normalized spacial score (nSPS) is 10.2. The summed E-state index contributed by atoms with van der Waals surface area (Å²) >= 11 is 0. The van der Waals surface area contributed by atoms with Gasteiger partial charge in [-0.2, -0.15) is 0 Å². The van der Waals surface area contributed by atoms with Crippen molar-refractivity contribution in [2.75, 3.05) is 7.11 Å². The van der Waals surface area contributed by atoms with E-state index in [1.165, 1.54) is 27.8 Å². The van der Waals surface area contributed by atoms with Gasteiger partial charge in [0.2, 0.25) is 0 Å². The molecule has 0 saturated carbocycles. The van der Waals surface area contributed by atoms with Crippen LogP contribution in [0.25, 0.3) is 11.1 Å². The highest BCUT2D eigenvalue weighted by molar-refractivity contribution is 5.64. The van der Waals surface area contributed by atoms with Gasteiger partial charge in [0.25, 0.3) is 0 Å². The molecule has 4 rings (SSSR count). The van der Waals surface area contributed by atoms with Crippen LogP contribution in [-0.4, -0.2) is 13.9 Å². The van der Waals surface area contributed by atoms with Crippen molar-refractivity contribution in [2.24, 2.45) is 0 Å². The Morgan fingerprint density at radius 2 is 0.914 bits per heavy atom. The van der Waals surface area contributed by atoms with Crippen molar-refractivity contribution in [1.29, 1.82) is 0 Å². The monoisotopic (exact) mass is 466 g/mol. The van der Waals surface area contributed by atoms with Crippen LogP contribution in [0.3, 0.4) is 0 Å². The number of aryl methyl sites for hydroxylation is 1. The van der Waals surface area contributed by atoms with Gasteiger partial charge in [0.15, 0.2) is 0 Å².